The molecule has 0 spiro atoms. The standard InChI is InChI=1S/C8H8.C3H3NS/c1-2-8-6-4-3-5-7-8;1-2-5-3-4-1/h2-7H,1H2;1-3H. The normalized spacial score (nSPS) is 8.31. The van der Waals surface area contributed by atoms with Crippen molar-refractivity contribution in [3.63, 3.8) is 0 Å². The van der Waals surface area contributed by atoms with E-state index in [2.05, 4.69) is 11.6 Å². The monoisotopic (exact) mass is 189 g/mol. The third-order valence-electron chi connectivity index (χ3n) is 1.38. The molecule has 0 saturated heterocycles. The van der Waals surface area contributed by atoms with Gasteiger partial charge in [-0.25, -0.2) is 0 Å². The SMILES string of the molecule is C=Cc1ccccc1.c1cscn1. The van der Waals surface area contributed by atoms with Crippen LogP contribution in [-0.4, -0.2) is 4.98 Å². The van der Waals surface area contributed by atoms with Crippen molar-refractivity contribution in [3.8, 4) is 0 Å². The highest BCUT2D eigenvalue weighted by Crippen LogP contribution is 1.97. The second-order valence-electron chi connectivity index (χ2n) is 2.29. The van der Waals surface area contributed by atoms with Gasteiger partial charge in [-0.15, -0.1) is 11.3 Å². The lowest BCUT2D eigenvalue weighted by Crippen LogP contribution is -1.63. The van der Waals surface area contributed by atoms with Gasteiger partial charge in [0.2, 0.25) is 0 Å². The minimum absolute atomic E-state index is 1.17. The van der Waals surface area contributed by atoms with Gasteiger partial charge in [-0.05, 0) is 5.56 Å². The fourth-order valence-corrected chi connectivity index (χ4v) is 1.12. The van der Waals surface area contributed by atoms with Crippen molar-refractivity contribution in [2.45, 2.75) is 0 Å². The Bertz CT molecular complexity index is 296. The van der Waals surface area contributed by atoms with Gasteiger partial charge in [0.15, 0.2) is 0 Å². The Morgan fingerprint density at radius 3 is 2.31 bits per heavy atom. The second kappa shape index (κ2) is 6.14. The molecule has 1 aromatic carbocycles. The van der Waals surface area contributed by atoms with Crippen LogP contribution in [0.15, 0.2) is 54.0 Å². The molecular weight excluding hydrogens is 178 g/mol. The lowest BCUT2D eigenvalue weighted by Gasteiger charge is -1.85. The third-order valence-corrected chi connectivity index (χ3v) is 1.90. The van der Waals surface area contributed by atoms with Crippen LogP contribution in [0.25, 0.3) is 6.08 Å². The second-order valence-corrected chi connectivity index (χ2v) is 3.05. The molecule has 0 aliphatic heterocycles. The number of aromatic nitrogens is 1. The summed E-state index contributed by atoms with van der Waals surface area (Å²) in [6.07, 6.45) is 3.60. The average Bonchev–Trinajstić information content (AvgIpc) is 2.77. The quantitative estimate of drug-likeness (QED) is 0.669. The van der Waals surface area contributed by atoms with Gasteiger partial charge in [-0.2, -0.15) is 0 Å². The van der Waals surface area contributed by atoms with E-state index >= 15 is 0 Å². The van der Waals surface area contributed by atoms with Gasteiger partial charge >= 0.3 is 0 Å². The first-order chi connectivity index (χ1) is 6.43. The molecule has 0 saturated carbocycles. The number of hydrogen-bond donors (Lipinski definition) is 0. The van der Waals surface area contributed by atoms with Crippen LogP contribution < -0.4 is 0 Å². The fourth-order valence-electron chi connectivity index (χ4n) is 0.765. The smallest absolute Gasteiger partial charge is 0.0791 e. The minimum atomic E-state index is 1.17. The molecule has 1 nitrogen and oxygen atoms in total. The van der Waals surface area contributed by atoms with Gasteiger partial charge < -0.3 is 0 Å². The molecule has 0 unspecified atom stereocenters. The highest BCUT2D eigenvalue weighted by molar-refractivity contribution is 7.07. The molecule has 1 heterocycles. The summed E-state index contributed by atoms with van der Waals surface area (Å²) in [6.45, 7) is 3.63. The maximum atomic E-state index is 3.74. The number of rotatable bonds is 1. The molecule has 0 aliphatic carbocycles. The summed E-state index contributed by atoms with van der Waals surface area (Å²) in [5, 5.41) is 1.93. The Morgan fingerprint density at radius 1 is 1.23 bits per heavy atom. The molecule has 0 atom stereocenters. The average molecular weight is 189 g/mol. The van der Waals surface area contributed by atoms with Crippen molar-refractivity contribution in [2.75, 3.05) is 0 Å². The Morgan fingerprint density at radius 2 is 2.00 bits per heavy atom. The number of benzene rings is 1. The molecular formula is C11H11NS. The highest BCUT2D eigenvalue weighted by atomic mass is 32.1. The first-order valence-electron chi connectivity index (χ1n) is 3.93. The summed E-state index contributed by atoms with van der Waals surface area (Å²) in [5.74, 6) is 0. The zero-order valence-electron chi connectivity index (χ0n) is 7.26. The lowest BCUT2D eigenvalue weighted by atomic mass is 10.2. The minimum Gasteiger partial charge on any atom is -0.253 e. The molecule has 0 bridgehead atoms. The van der Waals surface area contributed by atoms with Crippen molar-refractivity contribution in [1.82, 2.24) is 4.98 Å². The molecule has 2 heteroatoms. The number of hydrogen-bond acceptors (Lipinski definition) is 2. The van der Waals surface area contributed by atoms with Crippen LogP contribution in [0.5, 0.6) is 0 Å². The van der Waals surface area contributed by atoms with Crippen molar-refractivity contribution in [3.05, 3.63) is 59.6 Å². The van der Waals surface area contributed by atoms with Gasteiger partial charge in [-0.3, -0.25) is 4.98 Å². The van der Waals surface area contributed by atoms with E-state index in [0.29, 0.717) is 0 Å². The van der Waals surface area contributed by atoms with E-state index in [-0.39, 0.29) is 0 Å². The van der Waals surface area contributed by atoms with E-state index < -0.39 is 0 Å². The lowest BCUT2D eigenvalue weighted by molar-refractivity contribution is 1.43. The summed E-state index contributed by atoms with van der Waals surface area (Å²) in [6, 6.07) is 10.0. The van der Waals surface area contributed by atoms with Crippen LogP contribution in [-0.2, 0) is 0 Å². The van der Waals surface area contributed by atoms with Crippen LogP contribution >= 0.6 is 11.3 Å². The predicted molar refractivity (Wildman–Crippen MR) is 58.6 cm³/mol. The molecule has 2 aromatic rings. The Hall–Kier alpha value is -1.41. The van der Waals surface area contributed by atoms with Gasteiger partial charge in [0, 0.05) is 11.6 Å². The third kappa shape index (κ3) is 4.23. The summed E-state index contributed by atoms with van der Waals surface area (Å²) in [5.41, 5.74) is 2.97. The van der Waals surface area contributed by atoms with Crippen molar-refractivity contribution in [2.24, 2.45) is 0 Å². The number of nitrogens with zero attached hydrogens (tertiary/aromatic N) is 1. The summed E-state index contributed by atoms with van der Waals surface area (Å²) in [4.78, 5) is 3.74. The largest absolute Gasteiger partial charge is 0.253 e. The van der Waals surface area contributed by atoms with E-state index in [1.165, 1.54) is 5.56 Å². The first kappa shape index (κ1) is 9.68. The zero-order valence-corrected chi connectivity index (χ0v) is 8.08. The van der Waals surface area contributed by atoms with E-state index in [9.17, 15) is 0 Å². The van der Waals surface area contributed by atoms with Gasteiger partial charge in [0.1, 0.15) is 0 Å². The molecule has 0 N–H and O–H groups in total. The Labute approximate surface area is 82.4 Å². The van der Waals surface area contributed by atoms with Crippen molar-refractivity contribution >= 4 is 17.4 Å². The molecule has 1 aromatic heterocycles. The molecule has 0 fully saturated rings. The maximum Gasteiger partial charge on any atom is 0.0791 e. The first-order valence-corrected chi connectivity index (χ1v) is 4.87. The van der Waals surface area contributed by atoms with Crippen LogP contribution in [0.3, 0.4) is 0 Å². The van der Waals surface area contributed by atoms with Gasteiger partial charge in [-0.1, -0.05) is 43.0 Å². The van der Waals surface area contributed by atoms with Crippen LogP contribution in [0.4, 0.5) is 0 Å². The van der Waals surface area contributed by atoms with E-state index in [1.807, 2.05) is 41.8 Å². The van der Waals surface area contributed by atoms with Gasteiger partial charge in [0.05, 0.1) is 5.51 Å². The van der Waals surface area contributed by atoms with E-state index in [1.54, 1.807) is 23.0 Å². The van der Waals surface area contributed by atoms with Crippen LogP contribution in [0, 0.1) is 0 Å². The molecule has 2 rings (SSSR count). The molecule has 66 valence electrons. The molecule has 13 heavy (non-hydrogen) atoms. The summed E-state index contributed by atoms with van der Waals surface area (Å²) < 4.78 is 0. The summed E-state index contributed by atoms with van der Waals surface area (Å²) in [7, 11) is 0. The predicted octanol–water partition coefficient (Wildman–Crippen LogP) is 3.47. The van der Waals surface area contributed by atoms with Crippen LogP contribution in [0.2, 0.25) is 0 Å². The summed E-state index contributed by atoms with van der Waals surface area (Å²) >= 11 is 1.60. The molecule has 0 amide bonds. The Balaban J connectivity index is 0.000000145. The van der Waals surface area contributed by atoms with Gasteiger partial charge in [0.25, 0.3) is 0 Å². The van der Waals surface area contributed by atoms with E-state index in [4.69, 9.17) is 0 Å². The number of thiazole rings is 1. The molecule has 0 aliphatic rings. The molecule has 0 radical (unpaired) electrons. The van der Waals surface area contributed by atoms with Crippen molar-refractivity contribution in [1.29, 1.82) is 0 Å². The van der Waals surface area contributed by atoms with Crippen LogP contribution in [0.1, 0.15) is 5.56 Å². The highest BCUT2D eigenvalue weighted by Gasteiger charge is 1.75. The zero-order chi connectivity index (χ0) is 9.36. The van der Waals surface area contributed by atoms with Crippen molar-refractivity contribution < 1.29 is 0 Å². The van der Waals surface area contributed by atoms with E-state index in [0.717, 1.165) is 0 Å². The Kier molecular flexibility index (Phi) is 4.57. The maximum absolute atomic E-state index is 3.74. The topological polar surface area (TPSA) is 12.9 Å². The fraction of sp³-hybridized carbons (Fsp3) is 0.